The lowest BCUT2D eigenvalue weighted by atomic mass is 10.2. The first kappa shape index (κ1) is 8.95. The SMILES string of the molecule is Cc1ccc2c(c1)N(C)C(C)CS2. The average Bonchev–Trinajstić information content (AvgIpc) is 2.12. The first-order valence-electron chi connectivity index (χ1n) is 4.65. The number of fused-ring (bicyclic) bond motifs is 1. The topological polar surface area (TPSA) is 3.24 Å². The van der Waals surface area contributed by atoms with Crippen LogP contribution in [0.4, 0.5) is 5.69 Å². The van der Waals surface area contributed by atoms with Crippen LogP contribution in [-0.2, 0) is 0 Å². The van der Waals surface area contributed by atoms with Crippen LogP contribution in [0, 0.1) is 6.92 Å². The molecule has 70 valence electrons. The zero-order valence-corrected chi connectivity index (χ0v) is 9.19. The maximum absolute atomic E-state index is 2.37. The van der Waals surface area contributed by atoms with Crippen LogP contribution in [0.5, 0.6) is 0 Å². The Kier molecular flexibility index (Phi) is 2.24. The maximum atomic E-state index is 2.37. The van der Waals surface area contributed by atoms with E-state index in [-0.39, 0.29) is 0 Å². The lowest BCUT2D eigenvalue weighted by molar-refractivity contribution is 0.747. The molecule has 0 fully saturated rings. The fraction of sp³-hybridized carbons (Fsp3) is 0.455. The first-order chi connectivity index (χ1) is 6.18. The van der Waals surface area contributed by atoms with Crippen molar-refractivity contribution in [1.82, 2.24) is 0 Å². The fourth-order valence-electron chi connectivity index (χ4n) is 1.58. The molecule has 1 aliphatic heterocycles. The number of benzene rings is 1. The third-order valence-electron chi connectivity index (χ3n) is 2.64. The highest BCUT2D eigenvalue weighted by atomic mass is 32.2. The van der Waals surface area contributed by atoms with Crippen molar-refractivity contribution in [3.8, 4) is 0 Å². The third kappa shape index (κ3) is 1.55. The lowest BCUT2D eigenvalue weighted by Crippen LogP contribution is -2.33. The van der Waals surface area contributed by atoms with Gasteiger partial charge in [0.25, 0.3) is 0 Å². The molecule has 2 rings (SSSR count). The van der Waals surface area contributed by atoms with E-state index in [1.807, 2.05) is 11.8 Å². The number of anilines is 1. The van der Waals surface area contributed by atoms with E-state index < -0.39 is 0 Å². The Hall–Kier alpha value is -0.630. The molecule has 0 aliphatic carbocycles. The van der Waals surface area contributed by atoms with E-state index in [9.17, 15) is 0 Å². The summed E-state index contributed by atoms with van der Waals surface area (Å²) in [6.45, 7) is 4.43. The largest absolute Gasteiger partial charge is 0.370 e. The van der Waals surface area contributed by atoms with Gasteiger partial charge < -0.3 is 4.90 Å². The van der Waals surface area contributed by atoms with E-state index in [0.717, 1.165) is 0 Å². The summed E-state index contributed by atoms with van der Waals surface area (Å²) in [7, 11) is 2.18. The van der Waals surface area contributed by atoms with Gasteiger partial charge in [0, 0.05) is 23.7 Å². The van der Waals surface area contributed by atoms with E-state index in [1.165, 1.54) is 21.9 Å². The van der Waals surface area contributed by atoms with Gasteiger partial charge in [0.05, 0.1) is 5.69 Å². The van der Waals surface area contributed by atoms with Gasteiger partial charge in [-0.1, -0.05) is 6.07 Å². The minimum Gasteiger partial charge on any atom is -0.370 e. The van der Waals surface area contributed by atoms with Gasteiger partial charge in [-0.3, -0.25) is 0 Å². The summed E-state index contributed by atoms with van der Waals surface area (Å²) in [6, 6.07) is 7.35. The van der Waals surface area contributed by atoms with Gasteiger partial charge in [0.1, 0.15) is 0 Å². The van der Waals surface area contributed by atoms with Crippen molar-refractivity contribution in [2.24, 2.45) is 0 Å². The molecule has 0 saturated carbocycles. The van der Waals surface area contributed by atoms with E-state index in [2.05, 4.69) is 44.0 Å². The number of aryl methyl sites for hydroxylation is 1. The van der Waals surface area contributed by atoms with Gasteiger partial charge in [-0.25, -0.2) is 0 Å². The van der Waals surface area contributed by atoms with Crippen molar-refractivity contribution in [3.05, 3.63) is 23.8 Å². The number of thioether (sulfide) groups is 1. The highest BCUT2D eigenvalue weighted by Gasteiger charge is 2.19. The van der Waals surface area contributed by atoms with Crippen molar-refractivity contribution in [1.29, 1.82) is 0 Å². The molecular formula is C11H15NS. The predicted molar refractivity (Wildman–Crippen MR) is 59.8 cm³/mol. The average molecular weight is 193 g/mol. The van der Waals surface area contributed by atoms with Crippen LogP contribution in [0.2, 0.25) is 0 Å². The molecule has 0 spiro atoms. The molecule has 0 radical (unpaired) electrons. The summed E-state index contributed by atoms with van der Waals surface area (Å²) in [5.41, 5.74) is 2.74. The summed E-state index contributed by atoms with van der Waals surface area (Å²) in [5.74, 6) is 1.20. The standard InChI is InChI=1S/C11H15NS/c1-8-4-5-11-10(6-8)12(3)9(2)7-13-11/h4-6,9H,7H2,1-3H3. The highest BCUT2D eigenvalue weighted by Crippen LogP contribution is 2.36. The molecule has 1 aliphatic rings. The molecule has 0 saturated heterocycles. The molecule has 1 nitrogen and oxygen atoms in total. The fourth-order valence-corrected chi connectivity index (χ4v) is 2.74. The Morgan fingerprint density at radius 1 is 1.46 bits per heavy atom. The molecule has 1 aromatic carbocycles. The summed E-state index contributed by atoms with van der Waals surface area (Å²) in [5, 5.41) is 0. The zero-order valence-electron chi connectivity index (χ0n) is 8.37. The Bertz CT molecular complexity index is 322. The van der Waals surface area contributed by atoms with Crippen molar-refractivity contribution in [2.45, 2.75) is 24.8 Å². The Morgan fingerprint density at radius 3 is 3.00 bits per heavy atom. The van der Waals surface area contributed by atoms with Crippen molar-refractivity contribution < 1.29 is 0 Å². The molecule has 2 heteroatoms. The normalized spacial score (nSPS) is 21.5. The smallest absolute Gasteiger partial charge is 0.0507 e. The number of rotatable bonds is 0. The van der Waals surface area contributed by atoms with E-state index in [4.69, 9.17) is 0 Å². The van der Waals surface area contributed by atoms with Gasteiger partial charge in [-0.05, 0) is 31.5 Å². The molecule has 0 N–H and O–H groups in total. The van der Waals surface area contributed by atoms with Crippen molar-refractivity contribution in [3.63, 3.8) is 0 Å². The third-order valence-corrected chi connectivity index (χ3v) is 3.94. The lowest BCUT2D eigenvalue weighted by Gasteiger charge is -2.33. The minimum absolute atomic E-state index is 0.652. The van der Waals surface area contributed by atoms with Gasteiger partial charge in [0.2, 0.25) is 0 Å². The van der Waals surface area contributed by atoms with Crippen LogP contribution in [-0.4, -0.2) is 18.8 Å². The van der Waals surface area contributed by atoms with Crippen LogP contribution in [0.1, 0.15) is 12.5 Å². The maximum Gasteiger partial charge on any atom is 0.0507 e. The Morgan fingerprint density at radius 2 is 2.23 bits per heavy atom. The first-order valence-corrected chi connectivity index (χ1v) is 5.63. The number of nitrogens with zero attached hydrogens (tertiary/aromatic N) is 1. The summed E-state index contributed by atoms with van der Waals surface area (Å²) >= 11 is 1.97. The Balaban J connectivity index is 2.45. The molecule has 0 bridgehead atoms. The molecule has 13 heavy (non-hydrogen) atoms. The summed E-state index contributed by atoms with van der Waals surface area (Å²) in [6.07, 6.45) is 0. The van der Waals surface area contributed by atoms with Gasteiger partial charge in [0.15, 0.2) is 0 Å². The monoisotopic (exact) mass is 193 g/mol. The van der Waals surface area contributed by atoms with E-state index in [0.29, 0.717) is 6.04 Å². The molecule has 1 atom stereocenters. The second-order valence-electron chi connectivity index (χ2n) is 3.74. The molecule has 0 amide bonds. The second kappa shape index (κ2) is 3.26. The van der Waals surface area contributed by atoms with Crippen LogP contribution in [0.3, 0.4) is 0 Å². The van der Waals surface area contributed by atoms with Gasteiger partial charge in [-0.2, -0.15) is 0 Å². The zero-order chi connectivity index (χ0) is 9.42. The number of hydrogen-bond acceptors (Lipinski definition) is 2. The van der Waals surface area contributed by atoms with Gasteiger partial charge >= 0.3 is 0 Å². The molecule has 1 heterocycles. The van der Waals surface area contributed by atoms with E-state index >= 15 is 0 Å². The van der Waals surface area contributed by atoms with Crippen LogP contribution in [0.25, 0.3) is 0 Å². The second-order valence-corrected chi connectivity index (χ2v) is 4.80. The quantitative estimate of drug-likeness (QED) is 0.623. The predicted octanol–water partition coefficient (Wildman–Crippen LogP) is 2.93. The molecule has 0 aromatic heterocycles. The van der Waals surface area contributed by atoms with E-state index in [1.54, 1.807) is 0 Å². The van der Waals surface area contributed by atoms with Crippen molar-refractivity contribution in [2.75, 3.05) is 17.7 Å². The Labute approximate surface area is 84.1 Å². The summed E-state index contributed by atoms with van der Waals surface area (Å²) < 4.78 is 0. The molecule has 1 aromatic rings. The summed E-state index contributed by atoms with van der Waals surface area (Å²) in [4.78, 5) is 3.80. The highest BCUT2D eigenvalue weighted by molar-refractivity contribution is 7.99. The van der Waals surface area contributed by atoms with Crippen molar-refractivity contribution >= 4 is 17.4 Å². The van der Waals surface area contributed by atoms with Crippen LogP contribution < -0.4 is 4.90 Å². The van der Waals surface area contributed by atoms with Gasteiger partial charge in [-0.15, -0.1) is 11.8 Å². The van der Waals surface area contributed by atoms with Crippen LogP contribution >= 0.6 is 11.8 Å². The molecule has 1 unspecified atom stereocenters. The minimum atomic E-state index is 0.652. The van der Waals surface area contributed by atoms with Crippen LogP contribution in [0.15, 0.2) is 23.1 Å². The molecular weight excluding hydrogens is 178 g/mol. The number of hydrogen-bond donors (Lipinski definition) is 0.